The lowest BCUT2D eigenvalue weighted by Crippen LogP contribution is -1.84. The second-order valence-electron chi connectivity index (χ2n) is 3.32. The number of rotatable bonds is 1. The summed E-state index contributed by atoms with van der Waals surface area (Å²) in [6.07, 6.45) is 0. The number of nitrogens with zero attached hydrogens (tertiary/aromatic N) is 1. The summed E-state index contributed by atoms with van der Waals surface area (Å²) in [5.41, 5.74) is 8.45. The van der Waals surface area contributed by atoms with Crippen LogP contribution in [-0.2, 0) is 0 Å². The fourth-order valence-corrected chi connectivity index (χ4v) is 2.40. The molecule has 2 aromatic heterocycles. The molecule has 0 atom stereocenters. The third-order valence-electron chi connectivity index (χ3n) is 2.38. The number of benzene rings is 1. The smallest absolute Gasteiger partial charge is 0.116 e. The van der Waals surface area contributed by atoms with E-state index in [0.29, 0.717) is 5.69 Å². The molecule has 74 valence electrons. The molecule has 0 fully saturated rings. The molecule has 0 saturated heterocycles. The van der Waals surface area contributed by atoms with Crippen LogP contribution in [0.4, 0.5) is 5.69 Å². The van der Waals surface area contributed by atoms with E-state index in [1.165, 1.54) is 4.88 Å². The van der Waals surface area contributed by atoms with Crippen molar-refractivity contribution in [3.8, 4) is 10.6 Å². The minimum Gasteiger partial charge on any atom is -0.397 e. The first kappa shape index (κ1) is 8.49. The van der Waals surface area contributed by atoms with Crippen molar-refractivity contribution >= 4 is 27.9 Å². The monoisotopic (exact) mass is 215 g/mol. The highest BCUT2D eigenvalue weighted by Crippen LogP contribution is 2.31. The van der Waals surface area contributed by atoms with Crippen molar-refractivity contribution in [2.24, 2.45) is 0 Å². The first-order valence-electron chi connectivity index (χ1n) is 4.63. The van der Waals surface area contributed by atoms with Gasteiger partial charge in [-0.25, -0.2) is 0 Å². The molecule has 4 heteroatoms. The van der Waals surface area contributed by atoms with Gasteiger partial charge in [-0.1, -0.05) is 18.2 Å². The first-order chi connectivity index (χ1) is 7.36. The third kappa shape index (κ3) is 1.22. The van der Waals surface area contributed by atoms with E-state index in [4.69, 9.17) is 5.73 Å². The standard InChI is InChI=1S/C11H9N3S/c12-8-4-1-3-7-10(8)13-14-11(7)9-5-2-6-15-9/h1-6H,12H2,(H,13,14). The van der Waals surface area contributed by atoms with E-state index in [0.717, 1.165) is 16.6 Å². The number of nitrogens with two attached hydrogens (primary N) is 1. The van der Waals surface area contributed by atoms with Crippen LogP contribution in [0, 0.1) is 0 Å². The first-order valence-corrected chi connectivity index (χ1v) is 5.50. The lowest BCUT2D eigenvalue weighted by molar-refractivity contribution is 1.13. The van der Waals surface area contributed by atoms with Crippen molar-refractivity contribution in [1.29, 1.82) is 0 Å². The SMILES string of the molecule is Nc1cccc2c(-c3cccs3)[nH]nc12. The van der Waals surface area contributed by atoms with Crippen LogP contribution in [0.25, 0.3) is 21.5 Å². The Kier molecular flexibility index (Phi) is 1.76. The molecule has 0 aliphatic carbocycles. The molecule has 0 aliphatic rings. The normalized spacial score (nSPS) is 10.9. The molecular formula is C11H9N3S. The van der Waals surface area contributed by atoms with E-state index in [1.54, 1.807) is 11.3 Å². The largest absolute Gasteiger partial charge is 0.397 e. The molecule has 1 aromatic carbocycles. The molecule has 3 nitrogen and oxygen atoms in total. The molecule has 2 heterocycles. The molecule has 0 amide bonds. The molecule has 0 spiro atoms. The van der Waals surface area contributed by atoms with Crippen molar-refractivity contribution < 1.29 is 0 Å². The van der Waals surface area contributed by atoms with Crippen molar-refractivity contribution in [3.63, 3.8) is 0 Å². The van der Waals surface area contributed by atoms with E-state index >= 15 is 0 Å². The average Bonchev–Trinajstić information content (AvgIpc) is 2.85. The minimum atomic E-state index is 0.714. The van der Waals surface area contributed by atoms with E-state index < -0.39 is 0 Å². The van der Waals surface area contributed by atoms with Gasteiger partial charge in [-0.05, 0) is 17.5 Å². The van der Waals surface area contributed by atoms with E-state index in [9.17, 15) is 0 Å². The zero-order valence-corrected chi connectivity index (χ0v) is 8.71. The minimum absolute atomic E-state index is 0.714. The van der Waals surface area contributed by atoms with Crippen molar-refractivity contribution in [2.75, 3.05) is 5.73 Å². The number of anilines is 1. The van der Waals surface area contributed by atoms with Crippen molar-refractivity contribution in [3.05, 3.63) is 35.7 Å². The molecule has 0 saturated carbocycles. The number of hydrogen-bond acceptors (Lipinski definition) is 3. The highest BCUT2D eigenvalue weighted by molar-refractivity contribution is 7.13. The van der Waals surface area contributed by atoms with Gasteiger partial charge in [-0.15, -0.1) is 11.3 Å². The quantitative estimate of drug-likeness (QED) is 0.613. The second kappa shape index (κ2) is 3.10. The van der Waals surface area contributed by atoms with Gasteiger partial charge in [-0.2, -0.15) is 5.10 Å². The van der Waals surface area contributed by atoms with Crippen LogP contribution < -0.4 is 5.73 Å². The highest BCUT2D eigenvalue weighted by atomic mass is 32.1. The predicted octanol–water partition coefficient (Wildman–Crippen LogP) is 2.87. The number of hydrogen-bond donors (Lipinski definition) is 2. The molecule has 0 radical (unpaired) electrons. The summed E-state index contributed by atoms with van der Waals surface area (Å²) in [6, 6.07) is 9.94. The summed E-state index contributed by atoms with van der Waals surface area (Å²) < 4.78 is 0. The van der Waals surface area contributed by atoms with Crippen LogP contribution in [0.2, 0.25) is 0 Å². The topological polar surface area (TPSA) is 54.7 Å². The Morgan fingerprint density at radius 3 is 2.93 bits per heavy atom. The van der Waals surface area contributed by atoms with Crippen molar-refractivity contribution in [2.45, 2.75) is 0 Å². The van der Waals surface area contributed by atoms with Crippen molar-refractivity contribution in [1.82, 2.24) is 10.2 Å². The molecule has 3 aromatic rings. The number of aromatic nitrogens is 2. The van der Waals surface area contributed by atoms with Crippen LogP contribution in [0.15, 0.2) is 35.7 Å². The summed E-state index contributed by atoms with van der Waals surface area (Å²) in [6.45, 7) is 0. The summed E-state index contributed by atoms with van der Waals surface area (Å²) >= 11 is 1.69. The Morgan fingerprint density at radius 1 is 1.20 bits per heavy atom. The van der Waals surface area contributed by atoms with Crippen LogP contribution in [0.1, 0.15) is 0 Å². The molecular weight excluding hydrogens is 206 g/mol. The lowest BCUT2D eigenvalue weighted by Gasteiger charge is -1.95. The molecule has 15 heavy (non-hydrogen) atoms. The molecule has 3 rings (SSSR count). The fourth-order valence-electron chi connectivity index (χ4n) is 1.67. The van der Waals surface area contributed by atoms with E-state index in [-0.39, 0.29) is 0 Å². The molecule has 0 aliphatic heterocycles. The highest BCUT2D eigenvalue weighted by Gasteiger charge is 2.09. The zero-order valence-electron chi connectivity index (χ0n) is 7.90. The van der Waals surface area contributed by atoms with Gasteiger partial charge in [0.05, 0.1) is 16.3 Å². The number of fused-ring (bicyclic) bond motifs is 1. The maximum Gasteiger partial charge on any atom is 0.116 e. The Hall–Kier alpha value is -1.81. The van der Waals surface area contributed by atoms with Gasteiger partial charge in [0.15, 0.2) is 0 Å². The van der Waals surface area contributed by atoms with Gasteiger partial charge in [0, 0.05) is 5.39 Å². The number of H-pyrrole nitrogens is 1. The van der Waals surface area contributed by atoms with Gasteiger partial charge in [0.25, 0.3) is 0 Å². The number of thiophene rings is 1. The zero-order chi connectivity index (χ0) is 10.3. The van der Waals surface area contributed by atoms with Gasteiger partial charge < -0.3 is 5.73 Å². The summed E-state index contributed by atoms with van der Waals surface area (Å²) in [5.74, 6) is 0. The number of nitrogen functional groups attached to an aromatic ring is 1. The Balaban J connectivity index is 2.34. The summed E-state index contributed by atoms with van der Waals surface area (Å²) in [5, 5.41) is 10.4. The van der Waals surface area contributed by atoms with Gasteiger partial charge in [0.1, 0.15) is 5.52 Å². The number of aromatic amines is 1. The Morgan fingerprint density at radius 2 is 2.13 bits per heavy atom. The number of para-hydroxylation sites is 1. The van der Waals surface area contributed by atoms with Crippen LogP contribution in [-0.4, -0.2) is 10.2 Å². The van der Waals surface area contributed by atoms with Gasteiger partial charge >= 0.3 is 0 Å². The molecule has 0 bridgehead atoms. The maximum absolute atomic E-state index is 5.84. The summed E-state index contributed by atoms with van der Waals surface area (Å²) in [7, 11) is 0. The molecule has 0 unspecified atom stereocenters. The average molecular weight is 215 g/mol. The van der Waals surface area contributed by atoms with Crippen LogP contribution in [0.5, 0.6) is 0 Å². The lowest BCUT2D eigenvalue weighted by atomic mass is 10.1. The van der Waals surface area contributed by atoms with E-state index in [1.807, 2.05) is 29.6 Å². The Labute approximate surface area is 90.5 Å². The van der Waals surface area contributed by atoms with Crippen LogP contribution >= 0.6 is 11.3 Å². The predicted molar refractivity (Wildman–Crippen MR) is 63.8 cm³/mol. The fraction of sp³-hybridized carbons (Fsp3) is 0. The number of nitrogens with one attached hydrogen (secondary N) is 1. The maximum atomic E-state index is 5.84. The van der Waals surface area contributed by atoms with E-state index in [2.05, 4.69) is 16.3 Å². The third-order valence-corrected chi connectivity index (χ3v) is 3.27. The van der Waals surface area contributed by atoms with Crippen LogP contribution in [0.3, 0.4) is 0 Å². The second-order valence-corrected chi connectivity index (χ2v) is 4.27. The van der Waals surface area contributed by atoms with Gasteiger partial charge in [-0.3, -0.25) is 5.10 Å². The van der Waals surface area contributed by atoms with Gasteiger partial charge in [0.2, 0.25) is 0 Å². The Bertz CT molecular complexity index is 595. The molecule has 3 N–H and O–H groups in total. The summed E-state index contributed by atoms with van der Waals surface area (Å²) in [4.78, 5) is 1.18.